The van der Waals surface area contributed by atoms with Crippen molar-refractivity contribution in [2.24, 2.45) is 11.8 Å². The van der Waals surface area contributed by atoms with E-state index in [-0.39, 0.29) is 16.8 Å². The van der Waals surface area contributed by atoms with E-state index in [0.29, 0.717) is 40.5 Å². The first-order chi connectivity index (χ1) is 16.5. The molecule has 0 spiro atoms. The Labute approximate surface area is 211 Å². The number of nitrogens with one attached hydrogen (secondary N) is 1. The Morgan fingerprint density at radius 3 is 2.40 bits per heavy atom. The number of rotatable bonds is 7. The zero-order chi connectivity index (χ0) is 25.5. The molecule has 0 bridgehead atoms. The summed E-state index contributed by atoms with van der Waals surface area (Å²) in [6, 6.07) is 5.00. The molecule has 2 N–H and O–H groups in total. The van der Waals surface area contributed by atoms with Gasteiger partial charge in [0.15, 0.2) is 9.84 Å². The van der Waals surface area contributed by atoms with Crippen molar-refractivity contribution in [3.05, 3.63) is 40.0 Å². The number of carboxylic acid groups (broad SMARTS) is 1. The molecule has 2 aliphatic carbocycles. The van der Waals surface area contributed by atoms with Gasteiger partial charge < -0.3 is 15.0 Å². The molecule has 1 aromatic heterocycles. The van der Waals surface area contributed by atoms with Gasteiger partial charge in [-0.15, -0.1) is 0 Å². The number of carbonyl (C=O) groups is 2. The summed E-state index contributed by atoms with van der Waals surface area (Å²) >= 11 is 6.72. The molecule has 190 valence electrons. The van der Waals surface area contributed by atoms with Crippen LogP contribution in [0.3, 0.4) is 0 Å². The molecule has 0 atom stereocenters. The summed E-state index contributed by atoms with van der Waals surface area (Å²) < 4.78 is 26.5. The predicted molar refractivity (Wildman–Crippen MR) is 136 cm³/mol. The van der Waals surface area contributed by atoms with Crippen LogP contribution >= 0.6 is 11.6 Å². The largest absolute Gasteiger partial charge is 0.481 e. The highest BCUT2D eigenvalue weighted by Crippen LogP contribution is 2.38. The number of halogens is 1. The number of aromatic nitrogens is 1. The van der Waals surface area contributed by atoms with Gasteiger partial charge in [-0.2, -0.15) is 0 Å². The minimum Gasteiger partial charge on any atom is -0.481 e. The van der Waals surface area contributed by atoms with E-state index < -0.39 is 21.7 Å². The minimum atomic E-state index is -3.42. The second-order valence-electron chi connectivity index (χ2n) is 10.1. The normalized spacial score (nSPS) is 20.9. The molecule has 0 unspecified atom stereocenters. The fourth-order valence-corrected chi connectivity index (χ4v) is 6.72. The van der Waals surface area contributed by atoms with Gasteiger partial charge >= 0.3 is 5.97 Å². The number of benzene rings is 1. The molecule has 0 saturated heterocycles. The van der Waals surface area contributed by atoms with Crippen molar-refractivity contribution in [2.45, 2.75) is 76.3 Å². The van der Waals surface area contributed by atoms with E-state index in [0.717, 1.165) is 30.8 Å². The monoisotopic (exact) mass is 520 g/mol. The molecule has 1 aromatic carbocycles. The van der Waals surface area contributed by atoms with Gasteiger partial charge in [0.25, 0.3) is 5.91 Å². The molecule has 4 rings (SSSR count). The van der Waals surface area contributed by atoms with Crippen molar-refractivity contribution in [3.63, 3.8) is 0 Å². The first-order valence-corrected chi connectivity index (χ1v) is 14.5. The molecule has 0 radical (unpaired) electrons. The quantitative estimate of drug-likeness (QED) is 0.534. The van der Waals surface area contributed by atoms with Crippen molar-refractivity contribution < 1.29 is 23.1 Å². The Kier molecular flexibility index (Phi) is 7.34. The fraction of sp³-hybridized carbons (Fsp3) is 0.538. The van der Waals surface area contributed by atoms with Crippen molar-refractivity contribution >= 4 is 33.3 Å². The van der Waals surface area contributed by atoms with Gasteiger partial charge in [-0.05, 0) is 63.1 Å². The van der Waals surface area contributed by atoms with Crippen LogP contribution in [0.4, 0.5) is 0 Å². The summed E-state index contributed by atoms with van der Waals surface area (Å²) in [6.45, 7) is 4.39. The molecule has 7 nitrogen and oxygen atoms in total. The Bertz CT molecular complexity index is 1260. The minimum absolute atomic E-state index is 0.145. The maximum atomic E-state index is 13.2. The van der Waals surface area contributed by atoms with E-state index in [2.05, 4.69) is 9.88 Å². The number of sulfone groups is 1. The summed E-state index contributed by atoms with van der Waals surface area (Å²) in [4.78, 5) is 24.5. The lowest BCUT2D eigenvalue weighted by atomic mass is 9.80. The second kappa shape index (κ2) is 9.97. The van der Waals surface area contributed by atoms with Crippen LogP contribution in [-0.4, -0.2) is 42.3 Å². The number of hydrogen-bond acceptors (Lipinski definition) is 4. The van der Waals surface area contributed by atoms with Crippen molar-refractivity contribution in [2.75, 3.05) is 6.26 Å². The number of aliphatic carboxylic acids is 1. The summed E-state index contributed by atoms with van der Waals surface area (Å²) in [5.41, 5.74) is 3.36. The molecule has 2 aliphatic rings. The Morgan fingerprint density at radius 2 is 1.80 bits per heavy atom. The smallest absolute Gasteiger partial charge is 0.306 e. The van der Waals surface area contributed by atoms with E-state index in [1.54, 1.807) is 19.1 Å². The van der Waals surface area contributed by atoms with Crippen LogP contribution in [0.25, 0.3) is 11.3 Å². The van der Waals surface area contributed by atoms with E-state index in [1.165, 1.54) is 25.5 Å². The average molecular weight is 521 g/mol. The molecular formula is C26H33ClN2O5S. The fourth-order valence-electron chi connectivity index (χ4n) is 5.43. The molecule has 35 heavy (non-hydrogen) atoms. The summed E-state index contributed by atoms with van der Waals surface area (Å²) in [6.07, 6.45) is 7.96. The lowest BCUT2D eigenvalue weighted by Gasteiger charge is -2.32. The van der Waals surface area contributed by atoms with Crippen LogP contribution in [0.2, 0.25) is 5.02 Å². The third kappa shape index (κ3) is 5.28. The summed E-state index contributed by atoms with van der Waals surface area (Å²) in [5, 5.41) is 12.5. The number of carboxylic acids is 1. The van der Waals surface area contributed by atoms with Gasteiger partial charge in [0.2, 0.25) is 0 Å². The van der Waals surface area contributed by atoms with Gasteiger partial charge in [0.1, 0.15) is 0 Å². The van der Waals surface area contributed by atoms with E-state index in [1.807, 2.05) is 13.0 Å². The van der Waals surface area contributed by atoms with E-state index in [4.69, 9.17) is 16.7 Å². The SMILES string of the molecule is Cc1c(S(C)(=O)=O)ccc(-c2cc(C(=O)NC3CC(C(=O)O)C3)c(C)n2CC2CCCCC2)c1Cl. The van der Waals surface area contributed by atoms with Crippen molar-refractivity contribution in [1.82, 2.24) is 9.88 Å². The van der Waals surface area contributed by atoms with Crippen LogP contribution in [-0.2, 0) is 21.2 Å². The van der Waals surface area contributed by atoms with Crippen molar-refractivity contribution in [1.29, 1.82) is 0 Å². The van der Waals surface area contributed by atoms with E-state index in [9.17, 15) is 18.0 Å². The Balaban J connectivity index is 1.71. The van der Waals surface area contributed by atoms with Crippen LogP contribution in [0.1, 0.15) is 66.6 Å². The van der Waals surface area contributed by atoms with Crippen LogP contribution in [0.15, 0.2) is 23.1 Å². The van der Waals surface area contributed by atoms with Crippen LogP contribution in [0.5, 0.6) is 0 Å². The molecule has 1 amide bonds. The molecule has 2 fully saturated rings. The lowest BCUT2D eigenvalue weighted by Crippen LogP contribution is -2.46. The molecule has 0 aliphatic heterocycles. The number of nitrogens with zero attached hydrogens (tertiary/aromatic N) is 1. The van der Waals surface area contributed by atoms with Gasteiger partial charge in [0.05, 0.1) is 27.1 Å². The maximum Gasteiger partial charge on any atom is 0.306 e. The lowest BCUT2D eigenvalue weighted by molar-refractivity contribution is -0.145. The zero-order valence-corrected chi connectivity index (χ0v) is 22.0. The summed E-state index contributed by atoms with van der Waals surface area (Å²) in [5.74, 6) is -0.943. The summed E-state index contributed by atoms with van der Waals surface area (Å²) in [7, 11) is -3.42. The molecule has 2 saturated carbocycles. The van der Waals surface area contributed by atoms with Crippen LogP contribution < -0.4 is 5.32 Å². The highest BCUT2D eigenvalue weighted by molar-refractivity contribution is 7.90. The average Bonchev–Trinajstić information content (AvgIpc) is 3.08. The van der Waals surface area contributed by atoms with Gasteiger partial charge in [-0.3, -0.25) is 9.59 Å². The third-order valence-corrected chi connectivity index (χ3v) is 9.34. The number of amides is 1. The number of carbonyl (C=O) groups excluding carboxylic acids is 1. The van der Waals surface area contributed by atoms with Gasteiger partial charge in [-0.25, -0.2) is 8.42 Å². The predicted octanol–water partition coefficient (Wildman–Crippen LogP) is 5.00. The first kappa shape index (κ1) is 25.8. The Morgan fingerprint density at radius 1 is 1.14 bits per heavy atom. The van der Waals surface area contributed by atoms with Crippen molar-refractivity contribution in [3.8, 4) is 11.3 Å². The third-order valence-electron chi connectivity index (χ3n) is 7.61. The topological polar surface area (TPSA) is 105 Å². The molecule has 2 aromatic rings. The number of hydrogen-bond donors (Lipinski definition) is 2. The highest BCUT2D eigenvalue weighted by Gasteiger charge is 2.36. The standard InChI is InChI=1S/C26H33ClN2O5S/c1-15-23(35(3,33)34)10-9-20(24(15)27)22-13-21(25(30)28-19-11-18(12-19)26(31)32)16(2)29(22)14-17-7-5-4-6-8-17/h9-10,13,17-19H,4-8,11-12,14H2,1-3H3,(H,28,30)(H,31,32). The van der Waals surface area contributed by atoms with Gasteiger partial charge in [-0.1, -0.05) is 36.9 Å². The van der Waals surface area contributed by atoms with E-state index >= 15 is 0 Å². The molecule has 1 heterocycles. The zero-order valence-electron chi connectivity index (χ0n) is 20.4. The van der Waals surface area contributed by atoms with Gasteiger partial charge in [0, 0.05) is 30.1 Å². The van der Waals surface area contributed by atoms with Crippen LogP contribution in [0, 0.1) is 25.7 Å². The molecular weight excluding hydrogens is 488 g/mol. The molecule has 9 heteroatoms. The highest BCUT2D eigenvalue weighted by atomic mass is 35.5. The first-order valence-electron chi connectivity index (χ1n) is 12.2. The Hall–Kier alpha value is -2.32. The second-order valence-corrected chi connectivity index (χ2v) is 12.5. The maximum absolute atomic E-state index is 13.2.